The van der Waals surface area contributed by atoms with Crippen LogP contribution in [0, 0.1) is 5.92 Å². The maximum absolute atomic E-state index is 5.38. The van der Waals surface area contributed by atoms with E-state index < -0.39 is 0 Å². The molecule has 0 spiro atoms. The summed E-state index contributed by atoms with van der Waals surface area (Å²) in [6.07, 6.45) is 1.08. The highest BCUT2D eigenvalue weighted by atomic mass is 16.5. The van der Waals surface area contributed by atoms with E-state index in [2.05, 4.69) is 12.2 Å². The van der Waals surface area contributed by atoms with E-state index in [0.717, 1.165) is 26.2 Å². The molecular formula is C10H23NO2. The smallest absolute Gasteiger partial charge is 0.0621 e. The van der Waals surface area contributed by atoms with Crippen molar-refractivity contribution in [3.05, 3.63) is 0 Å². The Labute approximate surface area is 81.8 Å². The van der Waals surface area contributed by atoms with Crippen molar-refractivity contribution in [2.45, 2.75) is 26.3 Å². The Morgan fingerprint density at radius 2 is 2.08 bits per heavy atom. The van der Waals surface area contributed by atoms with Crippen LogP contribution in [0.1, 0.15) is 20.3 Å². The minimum Gasteiger partial charge on any atom is -0.385 e. The number of rotatable bonds is 8. The Bertz CT molecular complexity index is 109. The molecule has 1 N–H and O–H groups in total. The van der Waals surface area contributed by atoms with E-state index in [9.17, 15) is 0 Å². The Morgan fingerprint density at radius 3 is 2.54 bits per heavy atom. The van der Waals surface area contributed by atoms with Crippen LogP contribution in [0.4, 0.5) is 0 Å². The SMILES string of the molecule is CCOCC(NC)C(C)CCOC. The van der Waals surface area contributed by atoms with Gasteiger partial charge in [0.1, 0.15) is 0 Å². The van der Waals surface area contributed by atoms with E-state index in [-0.39, 0.29) is 0 Å². The number of likely N-dealkylation sites (N-methyl/N-ethyl adjacent to an activating group) is 1. The van der Waals surface area contributed by atoms with Crippen LogP contribution in [0.15, 0.2) is 0 Å². The average molecular weight is 189 g/mol. The third-order valence-corrected chi connectivity index (χ3v) is 2.34. The van der Waals surface area contributed by atoms with Crippen molar-refractivity contribution in [3.63, 3.8) is 0 Å². The molecule has 2 unspecified atom stereocenters. The number of nitrogens with one attached hydrogen (secondary N) is 1. The summed E-state index contributed by atoms with van der Waals surface area (Å²) in [5.74, 6) is 0.594. The molecule has 0 fully saturated rings. The first-order valence-electron chi connectivity index (χ1n) is 5.00. The minimum atomic E-state index is 0.440. The molecule has 0 heterocycles. The van der Waals surface area contributed by atoms with Gasteiger partial charge < -0.3 is 14.8 Å². The Kier molecular flexibility index (Phi) is 8.40. The molecule has 0 amide bonds. The van der Waals surface area contributed by atoms with Crippen molar-refractivity contribution in [1.29, 1.82) is 0 Å². The fourth-order valence-electron chi connectivity index (χ4n) is 1.28. The number of ether oxygens (including phenoxy) is 2. The lowest BCUT2D eigenvalue weighted by atomic mass is 9.99. The average Bonchev–Trinajstić information content (AvgIpc) is 2.16. The molecule has 0 saturated carbocycles. The van der Waals surface area contributed by atoms with Crippen LogP contribution in [0.2, 0.25) is 0 Å². The molecule has 0 rings (SSSR count). The highest BCUT2D eigenvalue weighted by molar-refractivity contribution is 4.70. The monoisotopic (exact) mass is 189 g/mol. The van der Waals surface area contributed by atoms with E-state index in [0.29, 0.717) is 12.0 Å². The zero-order chi connectivity index (χ0) is 10.1. The molecule has 0 aromatic rings. The molecule has 80 valence electrons. The molecule has 0 radical (unpaired) electrons. The van der Waals surface area contributed by atoms with Gasteiger partial charge in [-0.25, -0.2) is 0 Å². The molecule has 0 aliphatic carbocycles. The van der Waals surface area contributed by atoms with Crippen LogP contribution in [-0.4, -0.2) is 40.0 Å². The van der Waals surface area contributed by atoms with Gasteiger partial charge in [0, 0.05) is 26.4 Å². The fraction of sp³-hybridized carbons (Fsp3) is 1.00. The van der Waals surface area contributed by atoms with Crippen LogP contribution in [-0.2, 0) is 9.47 Å². The second-order valence-corrected chi connectivity index (χ2v) is 3.31. The third-order valence-electron chi connectivity index (χ3n) is 2.34. The van der Waals surface area contributed by atoms with Gasteiger partial charge in [0.25, 0.3) is 0 Å². The number of hydrogen-bond acceptors (Lipinski definition) is 3. The van der Waals surface area contributed by atoms with Crippen LogP contribution in [0.25, 0.3) is 0 Å². The Hall–Kier alpha value is -0.120. The number of methoxy groups -OCH3 is 1. The summed E-state index contributed by atoms with van der Waals surface area (Å²) in [5, 5.41) is 3.26. The molecule has 0 saturated heterocycles. The molecule has 0 aliphatic heterocycles. The van der Waals surface area contributed by atoms with Crippen LogP contribution in [0.5, 0.6) is 0 Å². The van der Waals surface area contributed by atoms with E-state index in [1.165, 1.54) is 0 Å². The first-order valence-corrected chi connectivity index (χ1v) is 5.00. The second kappa shape index (κ2) is 8.48. The van der Waals surface area contributed by atoms with E-state index in [1.54, 1.807) is 7.11 Å². The Morgan fingerprint density at radius 1 is 1.38 bits per heavy atom. The summed E-state index contributed by atoms with van der Waals surface area (Å²) < 4.78 is 10.4. The zero-order valence-electron chi connectivity index (χ0n) is 9.30. The molecule has 2 atom stereocenters. The van der Waals surface area contributed by atoms with Gasteiger partial charge in [0.05, 0.1) is 6.61 Å². The fourth-order valence-corrected chi connectivity index (χ4v) is 1.28. The lowest BCUT2D eigenvalue weighted by molar-refractivity contribution is 0.0971. The first-order chi connectivity index (χ1) is 6.26. The molecule has 0 aliphatic rings. The standard InChI is InChI=1S/C10H23NO2/c1-5-13-8-10(11-3)9(2)6-7-12-4/h9-11H,5-8H2,1-4H3. The largest absolute Gasteiger partial charge is 0.385 e. The molecule has 3 nitrogen and oxygen atoms in total. The van der Waals surface area contributed by atoms with Gasteiger partial charge in [0.15, 0.2) is 0 Å². The summed E-state index contributed by atoms with van der Waals surface area (Å²) >= 11 is 0. The molecule has 0 bridgehead atoms. The molecular weight excluding hydrogens is 166 g/mol. The van der Waals surface area contributed by atoms with Crippen molar-refractivity contribution in [1.82, 2.24) is 5.32 Å². The van der Waals surface area contributed by atoms with Gasteiger partial charge in [-0.05, 0) is 26.3 Å². The quantitative estimate of drug-likeness (QED) is 0.624. The summed E-state index contributed by atoms with van der Waals surface area (Å²) in [6, 6.07) is 0.440. The normalized spacial score (nSPS) is 15.7. The molecule has 3 heteroatoms. The van der Waals surface area contributed by atoms with Crippen LogP contribution < -0.4 is 5.32 Å². The minimum absolute atomic E-state index is 0.440. The summed E-state index contributed by atoms with van der Waals surface area (Å²) in [4.78, 5) is 0. The first kappa shape index (κ1) is 12.9. The zero-order valence-corrected chi connectivity index (χ0v) is 9.30. The maximum Gasteiger partial charge on any atom is 0.0621 e. The van der Waals surface area contributed by atoms with Gasteiger partial charge in [-0.3, -0.25) is 0 Å². The summed E-state index contributed by atoms with van der Waals surface area (Å²) in [7, 11) is 3.72. The molecule has 0 aromatic carbocycles. The van der Waals surface area contributed by atoms with Crippen LogP contribution in [0.3, 0.4) is 0 Å². The van der Waals surface area contributed by atoms with Gasteiger partial charge in [0.2, 0.25) is 0 Å². The lowest BCUT2D eigenvalue weighted by Gasteiger charge is -2.22. The topological polar surface area (TPSA) is 30.5 Å². The van der Waals surface area contributed by atoms with E-state index in [1.807, 2.05) is 14.0 Å². The van der Waals surface area contributed by atoms with Crippen molar-refractivity contribution in [3.8, 4) is 0 Å². The maximum atomic E-state index is 5.38. The second-order valence-electron chi connectivity index (χ2n) is 3.31. The Balaban J connectivity index is 3.63. The molecule has 0 aromatic heterocycles. The van der Waals surface area contributed by atoms with Crippen molar-refractivity contribution < 1.29 is 9.47 Å². The van der Waals surface area contributed by atoms with Gasteiger partial charge in [-0.1, -0.05) is 6.92 Å². The van der Waals surface area contributed by atoms with Gasteiger partial charge >= 0.3 is 0 Å². The predicted molar refractivity (Wildman–Crippen MR) is 55.0 cm³/mol. The third kappa shape index (κ3) is 6.02. The van der Waals surface area contributed by atoms with Gasteiger partial charge in [-0.2, -0.15) is 0 Å². The van der Waals surface area contributed by atoms with Crippen molar-refractivity contribution in [2.24, 2.45) is 5.92 Å². The summed E-state index contributed by atoms with van der Waals surface area (Å²) in [6.45, 7) is 6.64. The van der Waals surface area contributed by atoms with E-state index in [4.69, 9.17) is 9.47 Å². The highest BCUT2D eigenvalue weighted by Crippen LogP contribution is 2.08. The number of hydrogen-bond donors (Lipinski definition) is 1. The predicted octanol–water partition coefficient (Wildman–Crippen LogP) is 1.28. The van der Waals surface area contributed by atoms with E-state index >= 15 is 0 Å². The summed E-state index contributed by atoms with van der Waals surface area (Å²) in [5.41, 5.74) is 0. The van der Waals surface area contributed by atoms with Gasteiger partial charge in [-0.15, -0.1) is 0 Å². The highest BCUT2D eigenvalue weighted by Gasteiger charge is 2.14. The van der Waals surface area contributed by atoms with Crippen molar-refractivity contribution >= 4 is 0 Å². The van der Waals surface area contributed by atoms with Crippen LogP contribution >= 0.6 is 0 Å². The van der Waals surface area contributed by atoms with Crippen molar-refractivity contribution in [2.75, 3.05) is 34.0 Å². The molecule has 13 heavy (non-hydrogen) atoms. The lowest BCUT2D eigenvalue weighted by Crippen LogP contribution is -2.37.